The highest BCUT2D eigenvalue weighted by molar-refractivity contribution is 6.30. The average Bonchev–Trinajstić information content (AvgIpc) is 2.26. The van der Waals surface area contributed by atoms with Crippen molar-refractivity contribution in [1.29, 1.82) is 0 Å². The average molecular weight is 282 g/mol. The molecule has 0 heterocycles. The molecule has 1 rings (SSSR count). The van der Waals surface area contributed by atoms with Gasteiger partial charge in [0.2, 0.25) is 6.17 Å². The van der Waals surface area contributed by atoms with Gasteiger partial charge in [-0.15, -0.1) is 0 Å². The fourth-order valence-corrected chi connectivity index (χ4v) is 1.58. The highest BCUT2D eigenvalue weighted by Gasteiger charge is 2.32. The number of rotatable bonds is 4. The van der Waals surface area contributed by atoms with Gasteiger partial charge in [0.05, 0.1) is 12.6 Å². The molecule has 0 saturated heterocycles. The van der Waals surface area contributed by atoms with E-state index in [9.17, 15) is 18.0 Å². The first-order valence-electron chi connectivity index (χ1n) is 5.09. The molecule has 18 heavy (non-hydrogen) atoms. The Morgan fingerprint density at radius 3 is 2.39 bits per heavy atom. The molecule has 0 aliphatic carbocycles. The molecule has 1 unspecified atom stereocenters. The fraction of sp³-hybridized carbons (Fsp3) is 0.364. The highest BCUT2D eigenvalue weighted by Crippen LogP contribution is 2.26. The normalized spacial score (nSPS) is 14.1. The van der Waals surface area contributed by atoms with E-state index in [0.717, 1.165) is 12.1 Å². The molecule has 1 aromatic carbocycles. The Morgan fingerprint density at radius 2 is 1.94 bits per heavy atom. The number of carbonyl (C=O) groups is 1. The van der Waals surface area contributed by atoms with E-state index in [4.69, 9.17) is 17.3 Å². The maximum absolute atomic E-state index is 13.6. The summed E-state index contributed by atoms with van der Waals surface area (Å²) >= 11 is 5.41. The minimum Gasteiger partial charge on any atom is -0.464 e. The van der Waals surface area contributed by atoms with Crippen molar-refractivity contribution < 1.29 is 22.7 Å². The Balaban J connectivity index is 3.03. The van der Waals surface area contributed by atoms with Gasteiger partial charge in [0, 0.05) is 10.6 Å². The van der Waals surface area contributed by atoms with Crippen LogP contribution >= 0.6 is 11.6 Å². The van der Waals surface area contributed by atoms with Crippen LogP contribution < -0.4 is 5.73 Å². The lowest BCUT2D eigenvalue weighted by atomic mass is 10.0. The van der Waals surface area contributed by atoms with Crippen molar-refractivity contribution in [2.45, 2.75) is 19.1 Å². The van der Waals surface area contributed by atoms with Crippen molar-refractivity contribution in [3.05, 3.63) is 34.4 Å². The Hall–Kier alpha value is -1.27. The van der Waals surface area contributed by atoms with Gasteiger partial charge in [-0.3, -0.25) is 0 Å². The van der Waals surface area contributed by atoms with Gasteiger partial charge in [0.1, 0.15) is 11.6 Å². The number of esters is 1. The number of nitrogens with two attached hydrogens (primary N) is 1. The van der Waals surface area contributed by atoms with Gasteiger partial charge in [-0.25, -0.2) is 18.0 Å². The third kappa shape index (κ3) is 3.14. The molecule has 0 aliphatic heterocycles. The van der Waals surface area contributed by atoms with E-state index in [1.807, 2.05) is 0 Å². The summed E-state index contributed by atoms with van der Waals surface area (Å²) in [5, 5.41) is -0.188. The Labute approximate surface area is 107 Å². The van der Waals surface area contributed by atoms with Crippen LogP contribution in [-0.2, 0) is 9.53 Å². The summed E-state index contributed by atoms with van der Waals surface area (Å²) in [4.78, 5) is 11.1. The molecule has 3 nitrogen and oxygen atoms in total. The molecule has 0 aliphatic rings. The van der Waals surface area contributed by atoms with Gasteiger partial charge < -0.3 is 10.5 Å². The maximum atomic E-state index is 13.6. The van der Waals surface area contributed by atoms with Crippen molar-refractivity contribution in [2.24, 2.45) is 5.73 Å². The van der Waals surface area contributed by atoms with Crippen molar-refractivity contribution in [1.82, 2.24) is 0 Å². The number of ether oxygens (including phenoxy) is 1. The van der Waals surface area contributed by atoms with Crippen LogP contribution in [0.5, 0.6) is 0 Å². The van der Waals surface area contributed by atoms with Gasteiger partial charge in [-0.1, -0.05) is 11.6 Å². The summed E-state index contributed by atoms with van der Waals surface area (Å²) < 4.78 is 44.8. The largest absolute Gasteiger partial charge is 0.464 e. The summed E-state index contributed by atoms with van der Waals surface area (Å²) in [7, 11) is 0. The molecule has 0 aromatic heterocycles. The molecule has 2 atom stereocenters. The van der Waals surface area contributed by atoms with Crippen LogP contribution in [0.4, 0.5) is 13.2 Å². The van der Waals surface area contributed by atoms with Crippen LogP contribution in [0.15, 0.2) is 12.1 Å². The fourth-order valence-electron chi connectivity index (χ4n) is 1.39. The molecular weight excluding hydrogens is 271 g/mol. The monoisotopic (exact) mass is 281 g/mol. The zero-order chi connectivity index (χ0) is 13.9. The van der Waals surface area contributed by atoms with E-state index in [2.05, 4.69) is 4.74 Å². The summed E-state index contributed by atoms with van der Waals surface area (Å²) in [5.74, 6) is -3.49. The van der Waals surface area contributed by atoms with Crippen LogP contribution in [0.25, 0.3) is 0 Å². The SMILES string of the molecule is CCOC(=O)C(F)[C@@H](N)c1c(F)cc(Cl)cc1F. The zero-order valence-electron chi connectivity index (χ0n) is 9.42. The Kier molecular flexibility index (Phi) is 4.98. The lowest BCUT2D eigenvalue weighted by Crippen LogP contribution is -2.32. The van der Waals surface area contributed by atoms with E-state index in [1.54, 1.807) is 0 Å². The van der Waals surface area contributed by atoms with E-state index in [-0.39, 0.29) is 11.6 Å². The van der Waals surface area contributed by atoms with E-state index >= 15 is 0 Å². The van der Waals surface area contributed by atoms with Gasteiger partial charge >= 0.3 is 5.97 Å². The molecule has 0 fully saturated rings. The minimum atomic E-state index is -2.35. The highest BCUT2D eigenvalue weighted by atomic mass is 35.5. The third-order valence-electron chi connectivity index (χ3n) is 2.20. The smallest absolute Gasteiger partial charge is 0.342 e. The van der Waals surface area contributed by atoms with Crippen molar-refractivity contribution in [3.63, 3.8) is 0 Å². The summed E-state index contributed by atoms with van der Waals surface area (Å²) in [6, 6.07) is -0.212. The lowest BCUT2D eigenvalue weighted by molar-refractivity contribution is -0.150. The molecule has 2 N–H and O–H groups in total. The summed E-state index contributed by atoms with van der Waals surface area (Å²) in [6.07, 6.45) is -2.35. The minimum absolute atomic E-state index is 0.0580. The first-order chi connectivity index (χ1) is 8.38. The second-order valence-corrected chi connectivity index (χ2v) is 3.90. The molecule has 0 amide bonds. The molecule has 100 valence electrons. The summed E-state index contributed by atoms with van der Waals surface area (Å²) in [6.45, 7) is 1.41. The number of benzene rings is 1. The predicted octanol–water partition coefficient (Wildman–Crippen LogP) is 2.52. The molecule has 0 radical (unpaired) electrons. The van der Waals surface area contributed by atoms with Crippen LogP contribution in [-0.4, -0.2) is 18.7 Å². The zero-order valence-corrected chi connectivity index (χ0v) is 10.2. The number of carbonyl (C=O) groups excluding carboxylic acids is 1. The molecule has 0 bridgehead atoms. The van der Waals surface area contributed by atoms with E-state index in [1.165, 1.54) is 6.92 Å². The van der Waals surface area contributed by atoms with Crippen LogP contribution in [0.3, 0.4) is 0 Å². The predicted molar refractivity (Wildman–Crippen MR) is 59.8 cm³/mol. The van der Waals surface area contributed by atoms with Gasteiger partial charge in [0.25, 0.3) is 0 Å². The number of alkyl halides is 1. The van der Waals surface area contributed by atoms with Crippen LogP contribution in [0, 0.1) is 11.6 Å². The molecule has 0 spiro atoms. The number of hydrogen-bond acceptors (Lipinski definition) is 3. The molecule has 7 heteroatoms. The first-order valence-corrected chi connectivity index (χ1v) is 5.47. The van der Waals surface area contributed by atoms with Gasteiger partial charge in [-0.2, -0.15) is 0 Å². The molecular formula is C11H11ClF3NO2. The maximum Gasteiger partial charge on any atom is 0.342 e. The topological polar surface area (TPSA) is 52.3 Å². The van der Waals surface area contributed by atoms with E-state index < -0.39 is 35.4 Å². The van der Waals surface area contributed by atoms with Crippen molar-refractivity contribution in [2.75, 3.05) is 6.61 Å². The lowest BCUT2D eigenvalue weighted by Gasteiger charge is -2.17. The van der Waals surface area contributed by atoms with Crippen molar-refractivity contribution >= 4 is 17.6 Å². The van der Waals surface area contributed by atoms with E-state index in [0.29, 0.717) is 0 Å². The van der Waals surface area contributed by atoms with Crippen LogP contribution in [0.1, 0.15) is 18.5 Å². The molecule has 1 aromatic rings. The standard InChI is InChI=1S/C11H11ClF3NO2/c1-2-18-11(17)9(15)10(16)8-6(13)3-5(12)4-7(8)14/h3-4,9-10H,2,16H2,1H3/t9?,10-/m0/s1. The number of hydrogen-bond donors (Lipinski definition) is 1. The second kappa shape index (κ2) is 6.06. The first kappa shape index (κ1) is 14.8. The van der Waals surface area contributed by atoms with Gasteiger partial charge in [0.15, 0.2) is 0 Å². The number of halogens is 4. The quantitative estimate of drug-likeness (QED) is 0.863. The van der Waals surface area contributed by atoms with Gasteiger partial charge in [-0.05, 0) is 19.1 Å². The second-order valence-electron chi connectivity index (χ2n) is 3.46. The van der Waals surface area contributed by atoms with Crippen molar-refractivity contribution in [3.8, 4) is 0 Å². The Bertz CT molecular complexity index is 433. The molecule has 0 saturated carbocycles. The third-order valence-corrected chi connectivity index (χ3v) is 2.42. The Morgan fingerprint density at radius 1 is 1.44 bits per heavy atom. The van der Waals surface area contributed by atoms with Crippen LogP contribution in [0.2, 0.25) is 5.02 Å². The summed E-state index contributed by atoms with van der Waals surface area (Å²) in [5.41, 5.74) is 4.59.